The standard InChI is InChI=1S/C22H23N3O2/c26-21(24-12-16-9-10-18-13-23-14-19(18)11-16)7-4-8-22-25-15-20(27-22)17-5-2-1-3-6-17/h1-3,5-6,9-11,15,23H,4,7-8,12-14H2,(H,24,26). The number of amides is 1. The molecule has 0 bridgehead atoms. The number of aromatic nitrogens is 1. The van der Waals surface area contributed by atoms with Crippen LogP contribution in [0.15, 0.2) is 59.1 Å². The highest BCUT2D eigenvalue weighted by molar-refractivity contribution is 5.75. The molecule has 0 saturated carbocycles. The summed E-state index contributed by atoms with van der Waals surface area (Å²) >= 11 is 0. The molecular formula is C22H23N3O2. The average Bonchev–Trinajstić information content (AvgIpc) is 3.36. The third-order valence-electron chi connectivity index (χ3n) is 4.80. The van der Waals surface area contributed by atoms with Crippen molar-refractivity contribution < 1.29 is 9.21 Å². The first-order valence-corrected chi connectivity index (χ1v) is 9.36. The second-order valence-corrected chi connectivity index (χ2v) is 6.82. The zero-order valence-electron chi connectivity index (χ0n) is 15.2. The molecule has 0 saturated heterocycles. The van der Waals surface area contributed by atoms with Crippen LogP contribution in [-0.4, -0.2) is 10.9 Å². The summed E-state index contributed by atoms with van der Waals surface area (Å²) in [5.41, 5.74) is 4.84. The monoisotopic (exact) mass is 361 g/mol. The van der Waals surface area contributed by atoms with Crippen molar-refractivity contribution in [1.82, 2.24) is 15.6 Å². The molecule has 5 heteroatoms. The number of aryl methyl sites for hydroxylation is 1. The van der Waals surface area contributed by atoms with Crippen LogP contribution in [0.1, 0.15) is 35.4 Å². The fourth-order valence-electron chi connectivity index (χ4n) is 3.31. The van der Waals surface area contributed by atoms with Gasteiger partial charge >= 0.3 is 0 Å². The number of rotatable bonds is 7. The highest BCUT2D eigenvalue weighted by Gasteiger charge is 2.11. The highest BCUT2D eigenvalue weighted by Crippen LogP contribution is 2.20. The van der Waals surface area contributed by atoms with Crippen LogP contribution in [0, 0.1) is 0 Å². The van der Waals surface area contributed by atoms with E-state index in [-0.39, 0.29) is 5.91 Å². The summed E-state index contributed by atoms with van der Waals surface area (Å²) in [7, 11) is 0. The predicted octanol–water partition coefficient (Wildman–Crippen LogP) is 3.58. The van der Waals surface area contributed by atoms with Crippen molar-refractivity contribution in [3.8, 4) is 11.3 Å². The van der Waals surface area contributed by atoms with Crippen molar-refractivity contribution in [1.29, 1.82) is 0 Å². The van der Waals surface area contributed by atoms with E-state index in [1.54, 1.807) is 6.20 Å². The Labute approximate surface area is 158 Å². The van der Waals surface area contributed by atoms with Gasteiger partial charge in [0, 0.05) is 38.0 Å². The number of hydrogen-bond acceptors (Lipinski definition) is 4. The van der Waals surface area contributed by atoms with E-state index >= 15 is 0 Å². The molecule has 1 aliphatic rings. The van der Waals surface area contributed by atoms with Gasteiger partial charge in [0.2, 0.25) is 5.91 Å². The van der Waals surface area contributed by atoms with Crippen molar-refractivity contribution in [2.24, 2.45) is 0 Å². The Morgan fingerprint density at radius 1 is 1.11 bits per heavy atom. The van der Waals surface area contributed by atoms with Crippen LogP contribution in [0.2, 0.25) is 0 Å². The van der Waals surface area contributed by atoms with Gasteiger partial charge in [-0.15, -0.1) is 0 Å². The van der Waals surface area contributed by atoms with Crippen LogP contribution in [0.5, 0.6) is 0 Å². The quantitative estimate of drug-likeness (QED) is 0.675. The Bertz CT molecular complexity index is 918. The Morgan fingerprint density at radius 2 is 1.96 bits per heavy atom. The highest BCUT2D eigenvalue weighted by atomic mass is 16.4. The summed E-state index contributed by atoms with van der Waals surface area (Å²) in [6.45, 7) is 2.43. The van der Waals surface area contributed by atoms with Gasteiger partial charge in [-0.25, -0.2) is 4.98 Å². The van der Waals surface area contributed by atoms with E-state index < -0.39 is 0 Å². The topological polar surface area (TPSA) is 67.2 Å². The Kier molecular flexibility index (Phi) is 5.30. The van der Waals surface area contributed by atoms with E-state index in [2.05, 4.69) is 33.8 Å². The lowest BCUT2D eigenvalue weighted by atomic mass is 10.1. The van der Waals surface area contributed by atoms with Gasteiger partial charge in [-0.1, -0.05) is 48.5 Å². The lowest BCUT2D eigenvalue weighted by Gasteiger charge is -2.07. The number of hydrogen-bond donors (Lipinski definition) is 2. The molecule has 0 unspecified atom stereocenters. The summed E-state index contributed by atoms with van der Waals surface area (Å²) in [4.78, 5) is 16.4. The first-order chi connectivity index (χ1) is 13.3. The molecule has 1 aromatic heterocycles. The van der Waals surface area contributed by atoms with Crippen molar-refractivity contribution in [3.05, 3.63) is 77.3 Å². The van der Waals surface area contributed by atoms with Gasteiger partial charge in [0.1, 0.15) is 0 Å². The minimum atomic E-state index is 0.0588. The third kappa shape index (κ3) is 4.44. The SMILES string of the molecule is O=C(CCCc1ncc(-c2ccccc2)o1)NCc1ccc2c(c1)CNC2. The van der Waals surface area contributed by atoms with Crippen LogP contribution in [0.3, 0.4) is 0 Å². The third-order valence-corrected chi connectivity index (χ3v) is 4.80. The maximum atomic E-state index is 12.1. The van der Waals surface area contributed by atoms with Crippen LogP contribution in [0.25, 0.3) is 11.3 Å². The number of benzene rings is 2. The van der Waals surface area contributed by atoms with Gasteiger partial charge in [0.25, 0.3) is 0 Å². The predicted molar refractivity (Wildman–Crippen MR) is 104 cm³/mol. The number of nitrogens with zero attached hydrogens (tertiary/aromatic N) is 1. The van der Waals surface area contributed by atoms with Gasteiger partial charge in [-0.2, -0.15) is 0 Å². The van der Waals surface area contributed by atoms with E-state index in [9.17, 15) is 4.79 Å². The van der Waals surface area contributed by atoms with Gasteiger partial charge in [0.15, 0.2) is 11.7 Å². The molecule has 0 fully saturated rings. The molecule has 0 aliphatic carbocycles. The van der Waals surface area contributed by atoms with Crippen molar-refractivity contribution in [3.63, 3.8) is 0 Å². The molecule has 3 aromatic rings. The zero-order valence-corrected chi connectivity index (χ0v) is 15.2. The Balaban J connectivity index is 1.21. The number of fused-ring (bicyclic) bond motifs is 1. The molecule has 2 aromatic carbocycles. The molecule has 5 nitrogen and oxygen atoms in total. The van der Waals surface area contributed by atoms with E-state index in [4.69, 9.17) is 4.42 Å². The lowest BCUT2D eigenvalue weighted by molar-refractivity contribution is -0.121. The summed E-state index contributed by atoms with van der Waals surface area (Å²) < 4.78 is 5.77. The molecule has 27 heavy (non-hydrogen) atoms. The van der Waals surface area contributed by atoms with E-state index in [1.807, 2.05) is 30.3 Å². The van der Waals surface area contributed by atoms with Crippen LogP contribution >= 0.6 is 0 Å². The second kappa shape index (κ2) is 8.18. The molecule has 138 valence electrons. The van der Waals surface area contributed by atoms with Gasteiger partial charge in [-0.05, 0) is 23.1 Å². The maximum absolute atomic E-state index is 12.1. The molecule has 0 radical (unpaired) electrons. The van der Waals surface area contributed by atoms with Crippen molar-refractivity contribution in [2.75, 3.05) is 0 Å². The number of nitrogens with one attached hydrogen (secondary N) is 2. The van der Waals surface area contributed by atoms with Crippen LogP contribution in [0.4, 0.5) is 0 Å². The molecule has 0 spiro atoms. The summed E-state index contributed by atoms with van der Waals surface area (Å²) in [5.74, 6) is 1.50. The molecule has 0 atom stereocenters. The second-order valence-electron chi connectivity index (χ2n) is 6.82. The fourth-order valence-corrected chi connectivity index (χ4v) is 3.31. The van der Waals surface area contributed by atoms with Crippen LogP contribution < -0.4 is 10.6 Å². The largest absolute Gasteiger partial charge is 0.441 e. The van der Waals surface area contributed by atoms with Gasteiger partial charge < -0.3 is 15.1 Å². The minimum Gasteiger partial charge on any atom is -0.441 e. The first-order valence-electron chi connectivity index (χ1n) is 9.36. The summed E-state index contributed by atoms with van der Waals surface area (Å²) in [6.07, 6.45) is 3.59. The molecule has 2 heterocycles. The number of oxazole rings is 1. The Hall–Kier alpha value is -2.92. The minimum absolute atomic E-state index is 0.0588. The molecule has 1 aliphatic heterocycles. The number of carbonyl (C=O) groups excluding carboxylic acids is 1. The average molecular weight is 361 g/mol. The first kappa shape index (κ1) is 17.5. The van der Waals surface area contributed by atoms with E-state index in [1.165, 1.54) is 11.1 Å². The summed E-state index contributed by atoms with van der Waals surface area (Å²) in [5, 5.41) is 6.33. The zero-order chi connectivity index (χ0) is 18.5. The van der Waals surface area contributed by atoms with Gasteiger partial charge in [-0.3, -0.25) is 4.79 Å². The van der Waals surface area contributed by atoms with E-state index in [0.717, 1.165) is 30.0 Å². The van der Waals surface area contributed by atoms with E-state index in [0.29, 0.717) is 31.7 Å². The fraction of sp³-hybridized carbons (Fsp3) is 0.273. The molecular weight excluding hydrogens is 338 g/mol. The van der Waals surface area contributed by atoms with Gasteiger partial charge in [0.05, 0.1) is 6.20 Å². The lowest BCUT2D eigenvalue weighted by Crippen LogP contribution is -2.22. The normalized spacial score (nSPS) is 12.7. The Morgan fingerprint density at radius 3 is 2.85 bits per heavy atom. The van der Waals surface area contributed by atoms with Crippen LogP contribution in [-0.2, 0) is 30.8 Å². The molecule has 4 rings (SSSR count). The number of carbonyl (C=O) groups is 1. The van der Waals surface area contributed by atoms with Crippen molar-refractivity contribution >= 4 is 5.91 Å². The molecule has 1 amide bonds. The maximum Gasteiger partial charge on any atom is 0.220 e. The smallest absolute Gasteiger partial charge is 0.220 e. The molecule has 2 N–H and O–H groups in total. The summed E-state index contributed by atoms with van der Waals surface area (Å²) in [6, 6.07) is 16.3. The van der Waals surface area contributed by atoms with Crippen molar-refractivity contribution in [2.45, 2.75) is 38.9 Å².